The van der Waals surface area contributed by atoms with Crippen LogP contribution in [-0.2, 0) is 0 Å². The molecule has 3 heteroatoms. The molecule has 0 spiro atoms. The highest BCUT2D eigenvalue weighted by Crippen LogP contribution is 2.25. The maximum atomic E-state index is 6.22. The Balaban J connectivity index is 2.36. The average molecular weight is 311 g/mol. The average Bonchev–Trinajstić information content (AvgIpc) is 2.32. The van der Waals surface area contributed by atoms with Crippen LogP contribution in [0, 0.1) is 6.92 Å². The lowest BCUT2D eigenvalue weighted by atomic mass is 9.99. The molecule has 0 fully saturated rings. The predicted molar refractivity (Wildman–Crippen MR) is 76.4 cm³/mol. The second kappa shape index (κ2) is 5.21. The second-order valence-corrected chi connectivity index (χ2v) is 5.36. The third kappa shape index (κ3) is 2.89. The van der Waals surface area contributed by atoms with E-state index in [0.717, 1.165) is 26.2 Å². The molecule has 0 bridgehead atoms. The Kier molecular flexibility index (Phi) is 3.87. The molecule has 0 radical (unpaired) electrons. The van der Waals surface area contributed by atoms with E-state index in [9.17, 15) is 0 Å². The molecule has 0 saturated carbocycles. The summed E-state index contributed by atoms with van der Waals surface area (Å²) < 4.78 is 1.03. The van der Waals surface area contributed by atoms with Crippen LogP contribution >= 0.6 is 27.5 Å². The van der Waals surface area contributed by atoms with Crippen LogP contribution in [0.15, 0.2) is 46.9 Å². The number of rotatable bonds is 2. The van der Waals surface area contributed by atoms with E-state index >= 15 is 0 Å². The van der Waals surface area contributed by atoms with Crippen molar-refractivity contribution in [2.75, 3.05) is 0 Å². The number of nitrogens with two attached hydrogens (primary N) is 1. The lowest BCUT2D eigenvalue weighted by Crippen LogP contribution is -2.11. The molecule has 0 saturated heterocycles. The standard InChI is InChI=1S/C14H13BrClN/c1-9-5-6-11(8-13(9)16)14(17)10-3-2-4-12(15)7-10/h2-8,14H,17H2,1H3. The van der Waals surface area contributed by atoms with Crippen LogP contribution in [0.1, 0.15) is 22.7 Å². The van der Waals surface area contributed by atoms with Crippen molar-refractivity contribution in [2.24, 2.45) is 5.73 Å². The minimum atomic E-state index is -0.148. The van der Waals surface area contributed by atoms with Crippen molar-refractivity contribution in [3.05, 3.63) is 68.7 Å². The van der Waals surface area contributed by atoms with Crippen molar-refractivity contribution >= 4 is 27.5 Å². The van der Waals surface area contributed by atoms with Crippen LogP contribution in [0.4, 0.5) is 0 Å². The third-order valence-corrected chi connectivity index (χ3v) is 3.66. The second-order valence-electron chi connectivity index (χ2n) is 4.04. The van der Waals surface area contributed by atoms with Gasteiger partial charge in [-0.25, -0.2) is 0 Å². The summed E-state index contributed by atoms with van der Waals surface area (Å²) in [6, 6.07) is 13.8. The van der Waals surface area contributed by atoms with Gasteiger partial charge in [0.05, 0.1) is 6.04 Å². The van der Waals surface area contributed by atoms with E-state index in [1.807, 2.05) is 49.4 Å². The summed E-state index contributed by atoms with van der Waals surface area (Å²) in [7, 11) is 0. The monoisotopic (exact) mass is 309 g/mol. The molecule has 17 heavy (non-hydrogen) atoms. The van der Waals surface area contributed by atoms with Crippen LogP contribution in [-0.4, -0.2) is 0 Å². The SMILES string of the molecule is Cc1ccc(C(N)c2cccc(Br)c2)cc1Cl. The summed E-state index contributed by atoms with van der Waals surface area (Å²) in [4.78, 5) is 0. The van der Waals surface area contributed by atoms with E-state index in [4.69, 9.17) is 17.3 Å². The molecule has 0 aliphatic rings. The molecule has 2 N–H and O–H groups in total. The number of halogens is 2. The molecule has 2 rings (SSSR count). The lowest BCUT2D eigenvalue weighted by Gasteiger charge is -2.14. The summed E-state index contributed by atoms with van der Waals surface area (Å²) in [5.41, 5.74) is 9.39. The van der Waals surface area contributed by atoms with Crippen molar-refractivity contribution in [2.45, 2.75) is 13.0 Å². The fourth-order valence-corrected chi connectivity index (χ4v) is 2.30. The van der Waals surface area contributed by atoms with E-state index in [1.165, 1.54) is 0 Å². The molecule has 1 atom stereocenters. The molecule has 1 nitrogen and oxygen atoms in total. The fourth-order valence-electron chi connectivity index (χ4n) is 1.70. The zero-order valence-electron chi connectivity index (χ0n) is 9.45. The molecule has 0 aliphatic heterocycles. The number of hydrogen-bond acceptors (Lipinski definition) is 1. The Bertz CT molecular complexity index is 539. The summed E-state index contributed by atoms with van der Waals surface area (Å²) in [6.45, 7) is 1.98. The topological polar surface area (TPSA) is 26.0 Å². The Labute approximate surface area is 115 Å². The van der Waals surface area contributed by atoms with E-state index in [0.29, 0.717) is 0 Å². The Morgan fingerprint density at radius 1 is 1.12 bits per heavy atom. The van der Waals surface area contributed by atoms with Crippen molar-refractivity contribution in [3.63, 3.8) is 0 Å². The maximum Gasteiger partial charge on any atom is 0.0552 e. The van der Waals surface area contributed by atoms with Crippen LogP contribution in [0.25, 0.3) is 0 Å². The zero-order chi connectivity index (χ0) is 12.4. The Morgan fingerprint density at radius 2 is 1.82 bits per heavy atom. The number of hydrogen-bond donors (Lipinski definition) is 1. The van der Waals surface area contributed by atoms with Crippen LogP contribution in [0.3, 0.4) is 0 Å². The molecule has 0 heterocycles. The molecule has 0 amide bonds. The molecule has 0 aliphatic carbocycles. The highest BCUT2D eigenvalue weighted by molar-refractivity contribution is 9.10. The number of benzene rings is 2. The molecule has 88 valence electrons. The first kappa shape index (κ1) is 12.6. The summed E-state index contributed by atoms with van der Waals surface area (Å²) in [5, 5.41) is 0.757. The van der Waals surface area contributed by atoms with E-state index in [2.05, 4.69) is 15.9 Å². The van der Waals surface area contributed by atoms with Crippen molar-refractivity contribution in [3.8, 4) is 0 Å². The van der Waals surface area contributed by atoms with Gasteiger partial charge in [-0.1, -0.05) is 51.8 Å². The Morgan fingerprint density at radius 3 is 2.47 bits per heavy atom. The molecular formula is C14H13BrClN. The minimum Gasteiger partial charge on any atom is -0.320 e. The van der Waals surface area contributed by atoms with E-state index in [-0.39, 0.29) is 6.04 Å². The first-order valence-electron chi connectivity index (χ1n) is 5.35. The van der Waals surface area contributed by atoms with E-state index in [1.54, 1.807) is 0 Å². The summed E-state index contributed by atoms with van der Waals surface area (Å²) in [5.74, 6) is 0. The normalized spacial score (nSPS) is 12.5. The first-order chi connectivity index (χ1) is 8.08. The predicted octanol–water partition coefficient (Wildman–Crippen LogP) is 4.46. The maximum absolute atomic E-state index is 6.22. The van der Waals surface area contributed by atoms with Crippen LogP contribution in [0.5, 0.6) is 0 Å². The lowest BCUT2D eigenvalue weighted by molar-refractivity contribution is 0.870. The largest absolute Gasteiger partial charge is 0.320 e. The van der Waals surface area contributed by atoms with Gasteiger partial charge < -0.3 is 5.73 Å². The Hall–Kier alpha value is -0.830. The van der Waals surface area contributed by atoms with Gasteiger partial charge in [0, 0.05) is 9.50 Å². The quantitative estimate of drug-likeness (QED) is 0.871. The molecule has 0 aromatic heterocycles. The van der Waals surface area contributed by atoms with Gasteiger partial charge in [-0.3, -0.25) is 0 Å². The fraction of sp³-hybridized carbons (Fsp3) is 0.143. The van der Waals surface area contributed by atoms with Gasteiger partial charge in [0.15, 0.2) is 0 Å². The summed E-state index contributed by atoms with van der Waals surface area (Å²) >= 11 is 9.56. The number of aryl methyl sites for hydroxylation is 1. The van der Waals surface area contributed by atoms with Gasteiger partial charge in [-0.2, -0.15) is 0 Å². The van der Waals surface area contributed by atoms with Crippen LogP contribution < -0.4 is 5.73 Å². The molecule has 1 unspecified atom stereocenters. The minimum absolute atomic E-state index is 0.148. The van der Waals surface area contributed by atoms with Gasteiger partial charge in [0.25, 0.3) is 0 Å². The molecule has 2 aromatic carbocycles. The van der Waals surface area contributed by atoms with E-state index < -0.39 is 0 Å². The van der Waals surface area contributed by atoms with Gasteiger partial charge in [-0.15, -0.1) is 0 Å². The first-order valence-corrected chi connectivity index (χ1v) is 6.52. The van der Waals surface area contributed by atoms with Gasteiger partial charge in [-0.05, 0) is 41.8 Å². The van der Waals surface area contributed by atoms with Gasteiger partial charge >= 0.3 is 0 Å². The smallest absolute Gasteiger partial charge is 0.0552 e. The van der Waals surface area contributed by atoms with Gasteiger partial charge in [0.1, 0.15) is 0 Å². The zero-order valence-corrected chi connectivity index (χ0v) is 11.8. The highest BCUT2D eigenvalue weighted by atomic mass is 79.9. The molecular weight excluding hydrogens is 298 g/mol. The molecule has 2 aromatic rings. The third-order valence-electron chi connectivity index (χ3n) is 2.76. The van der Waals surface area contributed by atoms with Crippen molar-refractivity contribution in [1.82, 2.24) is 0 Å². The van der Waals surface area contributed by atoms with Crippen LogP contribution in [0.2, 0.25) is 5.02 Å². The van der Waals surface area contributed by atoms with Crippen molar-refractivity contribution in [1.29, 1.82) is 0 Å². The van der Waals surface area contributed by atoms with Crippen molar-refractivity contribution < 1.29 is 0 Å². The van der Waals surface area contributed by atoms with Gasteiger partial charge in [0.2, 0.25) is 0 Å². The summed E-state index contributed by atoms with van der Waals surface area (Å²) in [6.07, 6.45) is 0. The highest BCUT2D eigenvalue weighted by Gasteiger charge is 2.10.